The van der Waals surface area contributed by atoms with Crippen LogP contribution < -0.4 is 14.4 Å². The maximum Gasteiger partial charge on any atom is 0.449 e. The van der Waals surface area contributed by atoms with E-state index in [0.717, 1.165) is 17.7 Å². The molecule has 9 nitrogen and oxygen atoms in total. The highest BCUT2D eigenvalue weighted by molar-refractivity contribution is 7.54. The fourth-order valence-electron chi connectivity index (χ4n) is 2.80. The zero-order chi connectivity index (χ0) is 23.8. The molecule has 0 aromatic heterocycles. The van der Waals surface area contributed by atoms with Gasteiger partial charge in [-0.05, 0) is 42.0 Å². The highest BCUT2D eigenvalue weighted by Crippen LogP contribution is 2.47. The number of carbonyl (C=O) groups is 3. The van der Waals surface area contributed by atoms with E-state index >= 15 is 0 Å². The molecule has 3 N–H and O–H groups in total. The zero-order valence-corrected chi connectivity index (χ0v) is 18.1. The van der Waals surface area contributed by atoms with Crippen molar-refractivity contribution in [3.05, 3.63) is 95.6 Å². The molecule has 0 atom stereocenters. The molecule has 1 amide bonds. The molecule has 170 valence electrons. The Morgan fingerprint density at radius 1 is 0.758 bits per heavy atom. The summed E-state index contributed by atoms with van der Waals surface area (Å²) in [6.45, 7) is 0. The molecule has 0 aliphatic heterocycles. The highest BCUT2D eigenvalue weighted by atomic mass is 31.2. The second-order valence-corrected chi connectivity index (χ2v) is 8.78. The van der Waals surface area contributed by atoms with E-state index in [4.69, 9.17) is 9.05 Å². The van der Waals surface area contributed by atoms with E-state index < -0.39 is 31.7 Å². The molecule has 0 fully saturated rings. The van der Waals surface area contributed by atoms with Gasteiger partial charge >= 0.3 is 19.5 Å². The van der Waals surface area contributed by atoms with Crippen LogP contribution in [0.4, 0.5) is 0 Å². The van der Waals surface area contributed by atoms with Crippen molar-refractivity contribution in [3.63, 3.8) is 0 Å². The van der Waals surface area contributed by atoms with Gasteiger partial charge in [0.15, 0.2) is 0 Å². The molecule has 0 saturated heterocycles. The van der Waals surface area contributed by atoms with Crippen LogP contribution in [-0.2, 0) is 15.8 Å². The Morgan fingerprint density at radius 3 is 1.76 bits per heavy atom. The molecule has 0 saturated carbocycles. The van der Waals surface area contributed by atoms with E-state index in [9.17, 15) is 29.2 Å². The predicted octanol–water partition coefficient (Wildman–Crippen LogP) is 4.05. The van der Waals surface area contributed by atoms with Crippen molar-refractivity contribution in [2.24, 2.45) is 0 Å². The molecule has 0 heterocycles. The van der Waals surface area contributed by atoms with Crippen molar-refractivity contribution in [3.8, 4) is 11.5 Å². The Morgan fingerprint density at radius 2 is 1.27 bits per heavy atom. The molecule has 3 rings (SSSR count). The molecule has 3 aromatic carbocycles. The van der Waals surface area contributed by atoms with Crippen LogP contribution in [0, 0.1) is 0 Å². The molecule has 0 bridgehead atoms. The fraction of sp³-hybridized carbons (Fsp3) is 0.0870. The van der Waals surface area contributed by atoms with Crippen LogP contribution in [0.25, 0.3) is 0 Å². The Kier molecular flexibility index (Phi) is 7.48. The second-order valence-electron chi connectivity index (χ2n) is 6.88. The van der Waals surface area contributed by atoms with Crippen molar-refractivity contribution < 1.29 is 38.2 Å². The van der Waals surface area contributed by atoms with E-state index in [1.807, 2.05) is 6.07 Å². The average Bonchev–Trinajstić information content (AvgIpc) is 2.79. The SMILES string of the molecule is O=C(Cc1ccccc1)NCP(=O)(Oc1cccc(C(=O)O)c1)Oc1cccc(C(=O)O)c1. The smallest absolute Gasteiger partial charge is 0.449 e. The first-order valence-electron chi connectivity index (χ1n) is 9.70. The van der Waals surface area contributed by atoms with Crippen molar-refractivity contribution in [1.82, 2.24) is 5.32 Å². The number of carboxylic acids is 2. The minimum atomic E-state index is -4.14. The van der Waals surface area contributed by atoms with Crippen LogP contribution in [0.1, 0.15) is 26.3 Å². The lowest BCUT2D eigenvalue weighted by molar-refractivity contribution is -0.120. The van der Waals surface area contributed by atoms with Gasteiger partial charge in [0.05, 0.1) is 17.5 Å². The number of amides is 1. The van der Waals surface area contributed by atoms with Crippen LogP contribution in [0.5, 0.6) is 11.5 Å². The quantitative estimate of drug-likeness (QED) is 0.378. The third kappa shape index (κ3) is 6.95. The first kappa shape index (κ1) is 23.6. The topological polar surface area (TPSA) is 139 Å². The summed E-state index contributed by atoms with van der Waals surface area (Å²) in [4.78, 5) is 34.8. The maximum absolute atomic E-state index is 13.5. The van der Waals surface area contributed by atoms with Gasteiger partial charge in [-0.25, -0.2) is 14.2 Å². The van der Waals surface area contributed by atoms with E-state index in [-0.39, 0.29) is 29.0 Å². The van der Waals surface area contributed by atoms with Gasteiger partial charge in [-0.2, -0.15) is 0 Å². The fourth-order valence-corrected chi connectivity index (χ4v) is 4.21. The third-order valence-electron chi connectivity index (χ3n) is 4.33. The Balaban J connectivity index is 1.81. The lowest BCUT2D eigenvalue weighted by atomic mass is 10.1. The summed E-state index contributed by atoms with van der Waals surface area (Å²) in [5.41, 5.74) is 0.551. The Labute approximate surface area is 189 Å². The van der Waals surface area contributed by atoms with Gasteiger partial charge in [-0.3, -0.25) is 4.79 Å². The van der Waals surface area contributed by atoms with Crippen LogP contribution in [-0.4, -0.2) is 34.3 Å². The van der Waals surface area contributed by atoms with Gasteiger partial charge in [0.2, 0.25) is 5.91 Å². The number of rotatable bonds is 10. The van der Waals surface area contributed by atoms with Gasteiger partial charge in [0.25, 0.3) is 0 Å². The summed E-state index contributed by atoms with van der Waals surface area (Å²) >= 11 is 0. The van der Waals surface area contributed by atoms with Crippen LogP contribution >= 0.6 is 7.60 Å². The summed E-state index contributed by atoms with van der Waals surface area (Å²) in [5, 5.41) is 20.8. The Hall–Kier alpha value is -4.10. The highest BCUT2D eigenvalue weighted by Gasteiger charge is 2.30. The molecule has 10 heteroatoms. The Bertz CT molecular complexity index is 1150. The van der Waals surface area contributed by atoms with E-state index in [2.05, 4.69) is 5.32 Å². The molecule has 0 spiro atoms. The molecule has 0 radical (unpaired) electrons. The molecule has 3 aromatic rings. The number of hydrogen-bond donors (Lipinski definition) is 3. The summed E-state index contributed by atoms with van der Waals surface area (Å²) < 4.78 is 24.5. The standard InChI is InChI=1S/C23H20NO8P/c25-21(12-16-6-2-1-3-7-16)24-15-33(30,31-19-10-4-8-17(13-19)22(26)27)32-20-11-5-9-18(14-20)23(28)29/h1-11,13-14H,12,15H2,(H,24,25)(H,26,27)(H,28,29). The van der Waals surface area contributed by atoms with Gasteiger partial charge in [-0.1, -0.05) is 42.5 Å². The van der Waals surface area contributed by atoms with Gasteiger partial charge in [0, 0.05) is 0 Å². The zero-order valence-electron chi connectivity index (χ0n) is 17.2. The summed E-state index contributed by atoms with van der Waals surface area (Å²) in [6.07, 6.45) is -0.503. The van der Waals surface area contributed by atoms with Crippen molar-refractivity contribution in [2.45, 2.75) is 6.42 Å². The van der Waals surface area contributed by atoms with Crippen molar-refractivity contribution >= 4 is 25.4 Å². The first-order chi connectivity index (χ1) is 15.7. The summed E-state index contributed by atoms with van der Waals surface area (Å²) in [5.74, 6) is -2.95. The monoisotopic (exact) mass is 469 g/mol. The number of carboxylic acid groups (broad SMARTS) is 2. The van der Waals surface area contributed by atoms with E-state index in [0.29, 0.717) is 0 Å². The minimum absolute atomic E-state index is 0.0316. The van der Waals surface area contributed by atoms with E-state index in [1.54, 1.807) is 24.3 Å². The summed E-state index contributed by atoms with van der Waals surface area (Å²) in [6, 6.07) is 19.5. The molecule has 0 unspecified atom stereocenters. The number of aromatic carboxylic acids is 2. The van der Waals surface area contributed by atoms with Gasteiger partial charge < -0.3 is 24.6 Å². The number of benzene rings is 3. The average molecular weight is 469 g/mol. The van der Waals surface area contributed by atoms with Gasteiger partial charge in [0.1, 0.15) is 17.8 Å². The second kappa shape index (κ2) is 10.5. The number of hydrogen-bond acceptors (Lipinski definition) is 6. The molecule has 0 aliphatic carbocycles. The van der Waals surface area contributed by atoms with Gasteiger partial charge in [-0.15, -0.1) is 0 Å². The van der Waals surface area contributed by atoms with Crippen LogP contribution in [0.15, 0.2) is 78.9 Å². The minimum Gasteiger partial charge on any atom is -0.478 e. The van der Waals surface area contributed by atoms with E-state index in [1.165, 1.54) is 36.4 Å². The number of carbonyl (C=O) groups excluding carboxylic acids is 1. The van der Waals surface area contributed by atoms with Crippen LogP contribution in [0.2, 0.25) is 0 Å². The first-order valence-corrected chi connectivity index (χ1v) is 11.4. The lowest BCUT2D eigenvalue weighted by Gasteiger charge is -2.21. The lowest BCUT2D eigenvalue weighted by Crippen LogP contribution is -2.28. The molecule has 33 heavy (non-hydrogen) atoms. The molecular formula is C23H20NO8P. The molecular weight excluding hydrogens is 449 g/mol. The normalized spacial score (nSPS) is 10.8. The number of nitrogens with one attached hydrogen (secondary N) is 1. The predicted molar refractivity (Wildman–Crippen MR) is 119 cm³/mol. The largest absolute Gasteiger partial charge is 0.478 e. The third-order valence-corrected chi connectivity index (χ3v) is 5.85. The van der Waals surface area contributed by atoms with Crippen LogP contribution in [0.3, 0.4) is 0 Å². The summed E-state index contributed by atoms with van der Waals surface area (Å²) in [7, 11) is -4.14. The van der Waals surface area contributed by atoms with Crippen molar-refractivity contribution in [1.29, 1.82) is 0 Å². The molecule has 0 aliphatic rings. The van der Waals surface area contributed by atoms with Crippen molar-refractivity contribution in [2.75, 3.05) is 6.29 Å². The maximum atomic E-state index is 13.5.